The molecule has 0 spiro atoms. The molecule has 2 unspecified atom stereocenters. The highest BCUT2D eigenvalue weighted by Gasteiger charge is 2.50. The van der Waals surface area contributed by atoms with Crippen molar-refractivity contribution in [2.45, 2.75) is 43.3 Å². The van der Waals surface area contributed by atoms with E-state index in [9.17, 15) is 5.26 Å². The third-order valence-corrected chi connectivity index (χ3v) is 4.96. The Morgan fingerprint density at radius 1 is 1.18 bits per heavy atom. The molecule has 0 amide bonds. The first kappa shape index (κ1) is 11.5. The summed E-state index contributed by atoms with van der Waals surface area (Å²) >= 11 is 0. The third-order valence-electron chi connectivity index (χ3n) is 4.96. The van der Waals surface area contributed by atoms with Crippen LogP contribution in [-0.2, 0) is 4.74 Å². The fourth-order valence-corrected chi connectivity index (χ4v) is 3.86. The van der Waals surface area contributed by atoms with Crippen molar-refractivity contribution >= 4 is 0 Å². The molecule has 0 aromatic rings. The average molecular weight is 235 g/mol. The van der Waals surface area contributed by atoms with E-state index >= 15 is 0 Å². The second kappa shape index (κ2) is 4.24. The molecule has 0 radical (unpaired) electrons. The number of nitriles is 1. The molecule has 3 saturated heterocycles. The van der Waals surface area contributed by atoms with Crippen LogP contribution < -0.4 is 0 Å². The Labute approximate surface area is 103 Å². The normalized spacial score (nSPS) is 43.5. The van der Waals surface area contributed by atoms with Crippen LogP contribution in [0.2, 0.25) is 0 Å². The maximum atomic E-state index is 9.69. The number of morpholine rings is 1. The molecular weight excluding hydrogens is 214 g/mol. The molecule has 3 fully saturated rings. The Bertz CT molecular complexity index is 318. The Kier molecular flexibility index (Phi) is 2.86. The molecule has 3 aliphatic rings. The van der Waals surface area contributed by atoms with Crippen LogP contribution >= 0.6 is 0 Å². The molecule has 0 aliphatic carbocycles. The number of nitrogens with zero attached hydrogens (tertiary/aromatic N) is 3. The summed E-state index contributed by atoms with van der Waals surface area (Å²) in [6, 6.07) is 3.90. The fraction of sp³-hybridized carbons (Fsp3) is 0.923. The molecular formula is C13H21N3O. The van der Waals surface area contributed by atoms with E-state index in [1.165, 1.54) is 12.8 Å². The van der Waals surface area contributed by atoms with Gasteiger partial charge in [0.05, 0.1) is 19.3 Å². The smallest absolute Gasteiger partial charge is 0.112 e. The second-order valence-corrected chi connectivity index (χ2v) is 5.70. The van der Waals surface area contributed by atoms with Crippen molar-refractivity contribution in [1.29, 1.82) is 5.26 Å². The van der Waals surface area contributed by atoms with Crippen LogP contribution in [0.5, 0.6) is 0 Å². The van der Waals surface area contributed by atoms with E-state index in [-0.39, 0.29) is 5.54 Å². The van der Waals surface area contributed by atoms with Crippen LogP contribution in [-0.4, -0.2) is 60.8 Å². The van der Waals surface area contributed by atoms with Gasteiger partial charge in [-0.3, -0.25) is 4.90 Å². The zero-order valence-electron chi connectivity index (χ0n) is 10.6. The standard InChI is InChI=1S/C13H21N3O/c1-15-11-2-3-12(15)9-13(8-11,10-14)16-4-6-17-7-5-16/h11-12H,2-9H2,1H3. The molecule has 3 aliphatic heterocycles. The lowest BCUT2D eigenvalue weighted by Gasteiger charge is -2.48. The van der Waals surface area contributed by atoms with Crippen LogP contribution in [0.3, 0.4) is 0 Å². The molecule has 0 aromatic carbocycles. The van der Waals surface area contributed by atoms with Crippen molar-refractivity contribution in [1.82, 2.24) is 9.80 Å². The Morgan fingerprint density at radius 3 is 2.29 bits per heavy atom. The molecule has 94 valence electrons. The van der Waals surface area contributed by atoms with Crippen molar-refractivity contribution in [3.05, 3.63) is 0 Å². The zero-order valence-corrected chi connectivity index (χ0v) is 10.6. The van der Waals surface area contributed by atoms with E-state index in [1.807, 2.05) is 0 Å². The first-order chi connectivity index (χ1) is 8.25. The molecule has 0 saturated carbocycles. The number of fused-ring (bicyclic) bond motifs is 2. The van der Waals surface area contributed by atoms with Gasteiger partial charge in [-0.25, -0.2) is 0 Å². The SMILES string of the molecule is CN1C2CCC1CC(C#N)(N1CCOCC1)C2. The van der Waals surface area contributed by atoms with Crippen molar-refractivity contribution in [3.63, 3.8) is 0 Å². The lowest BCUT2D eigenvalue weighted by molar-refractivity contribution is -0.0355. The Balaban J connectivity index is 1.81. The predicted octanol–water partition coefficient (Wildman–Crippen LogP) is 0.838. The van der Waals surface area contributed by atoms with E-state index in [0.29, 0.717) is 12.1 Å². The van der Waals surface area contributed by atoms with Crippen molar-refractivity contribution in [3.8, 4) is 6.07 Å². The average Bonchev–Trinajstić information content (AvgIpc) is 2.63. The van der Waals surface area contributed by atoms with Gasteiger partial charge < -0.3 is 9.64 Å². The van der Waals surface area contributed by atoms with Gasteiger partial charge in [-0.1, -0.05) is 0 Å². The quantitative estimate of drug-likeness (QED) is 0.675. The van der Waals surface area contributed by atoms with E-state index in [0.717, 1.165) is 39.1 Å². The predicted molar refractivity (Wildman–Crippen MR) is 64.5 cm³/mol. The number of ether oxygens (including phenoxy) is 1. The highest BCUT2D eigenvalue weighted by molar-refractivity contribution is 5.17. The number of piperidine rings is 1. The first-order valence-corrected chi connectivity index (χ1v) is 6.71. The van der Waals surface area contributed by atoms with Gasteiger partial charge >= 0.3 is 0 Å². The summed E-state index contributed by atoms with van der Waals surface area (Å²) in [7, 11) is 2.23. The lowest BCUT2D eigenvalue weighted by Crippen LogP contribution is -2.60. The van der Waals surface area contributed by atoms with Crippen LogP contribution in [0.15, 0.2) is 0 Å². The number of rotatable bonds is 1. The molecule has 0 N–H and O–H groups in total. The lowest BCUT2D eigenvalue weighted by atomic mass is 9.82. The van der Waals surface area contributed by atoms with E-state index in [4.69, 9.17) is 4.74 Å². The van der Waals surface area contributed by atoms with Gasteiger partial charge in [0.25, 0.3) is 0 Å². The maximum absolute atomic E-state index is 9.69. The first-order valence-electron chi connectivity index (χ1n) is 6.71. The Hall–Kier alpha value is -0.630. The molecule has 0 aromatic heterocycles. The third kappa shape index (κ3) is 1.77. The van der Waals surface area contributed by atoms with Crippen LogP contribution in [0.1, 0.15) is 25.7 Å². The number of hydrogen-bond donors (Lipinski definition) is 0. The van der Waals surface area contributed by atoms with Gasteiger partial charge in [-0.2, -0.15) is 5.26 Å². The molecule has 2 bridgehead atoms. The monoisotopic (exact) mass is 235 g/mol. The largest absolute Gasteiger partial charge is 0.379 e. The zero-order chi connectivity index (χ0) is 11.9. The minimum absolute atomic E-state index is 0.206. The Morgan fingerprint density at radius 2 is 1.76 bits per heavy atom. The minimum Gasteiger partial charge on any atom is -0.379 e. The van der Waals surface area contributed by atoms with Gasteiger partial charge in [0.2, 0.25) is 0 Å². The summed E-state index contributed by atoms with van der Waals surface area (Å²) in [5.41, 5.74) is -0.206. The molecule has 17 heavy (non-hydrogen) atoms. The molecule has 4 heteroatoms. The van der Waals surface area contributed by atoms with E-state index in [2.05, 4.69) is 22.9 Å². The van der Waals surface area contributed by atoms with Gasteiger partial charge in [0.15, 0.2) is 0 Å². The maximum Gasteiger partial charge on any atom is 0.112 e. The van der Waals surface area contributed by atoms with Gasteiger partial charge in [0, 0.05) is 25.2 Å². The summed E-state index contributed by atoms with van der Waals surface area (Å²) in [4.78, 5) is 4.88. The molecule has 2 atom stereocenters. The summed E-state index contributed by atoms with van der Waals surface area (Å²) in [6.07, 6.45) is 4.59. The van der Waals surface area contributed by atoms with Crippen molar-refractivity contribution in [2.24, 2.45) is 0 Å². The topological polar surface area (TPSA) is 39.5 Å². The van der Waals surface area contributed by atoms with Crippen LogP contribution in [0.25, 0.3) is 0 Å². The summed E-state index contributed by atoms with van der Waals surface area (Å²) in [5.74, 6) is 0. The van der Waals surface area contributed by atoms with Crippen molar-refractivity contribution < 1.29 is 4.74 Å². The summed E-state index contributed by atoms with van der Waals surface area (Å²) < 4.78 is 5.41. The van der Waals surface area contributed by atoms with E-state index in [1.54, 1.807) is 0 Å². The second-order valence-electron chi connectivity index (χ2n) is 5.70. The molecule has 4 nitrogen and oxygen atoms in total. The van der Waals surface area contributed by atoms with E-state index < -0.39 is 0 Å². The van der Waals surface area contributed by atoms with Crippen molar-refractivity contribution in [2.75, 3.05) is 33.4 Å². The molecule has 3 heterocycles. The molecule has 3 rings (SSSR count). The minimum atomic E-state index is -0.206. The summed E-state index contributed by atoms with van der Waals surface area (Å²) in [6.45, 7) is 3.43. The number of hydrogen-bond acceptors (Lipinski definition) is 4. The van der Waals surface area contributed by atoms with Crippen LogP contribution in [0.4, 0.5) is 0 Å². The van der Waals surface area contributed by atoms with Gasteiger partial charge in [-0.15, -0.1) is 0 Å². The fourth-order valence-electron chi connectivity index (χ4n) is 3.86. The highest BCUT2D eigenvalue weighted by atomic mass is 16.5. The summed E-state index contributed by atoms with van der Waals surface area (Å²) in [5, 5.41) is 9.69. The van der Waals surface area contributed by atoms with Gasteiger partial charge in [-0.05, 0) is 32.7 Å². The van der Waals surface area contributed by atoms with Crippen LogP contribution in [0, 0.1) is 11.3 Å². The highest BCUT2D eigenvalue weighted by Crippen LogP contribution is 2.42. The van der Waals surface area contributed by atoms with Gasteiger partial charge in [0.1, 0.15) is 5.54 Å².